The molecule has 4 rings (SSSR count). The molecule has 1 aliphatic rings. The van der Waals surface area contributed by atoms with E-state index >= 15 is 0 Å². The molecule has 1 saturated heterocycles. The first-order valence-electron chi connectivity index (χ1n) is 9.27. The van der Waals surface area contributed by atoms with Gasteiger partial charge < -0.3 is 14.5 Å². The number of aromatic amines is 1. The maximum atomic E-state index is 12.4. The second-order valence-corrected chi connectivity index (χ2v) is 7.02. The van der Waals surface area contributed by atoms with Gasteiger partial charge in [-0.3, -0.25) is 4.79 Å². The van der Waals surface area contributed by atoms with Crippen LogP contribution in [0.15, 0.2) is 35.1 Å². The number of ether oxygens (including phenoxy) is 2. The number of methoxy groups -OCH3 is 1. The molecule has 140 valence electrons. The molecule has 1 aliphatic heterocycles. The van der Waals surface area contributed by atoms with E-state index in [1.807, 2.05) is 31.2 Å². The molecule has 0 spiro atoms. The van der Waals surface area contributed by atoms with Crippen LogP contribution in [-0.4, -0.2) is 35.3 Å². The van der Waals surface area contributed by atoms with E-state index in [-0.39, 0.29) is 5.56 Å². The summed E-state index contributed by atoms with van der Waals surface area (Å²) in [4.78, 5) is 24.7. The summed E-state index contributed by atoms with van der Waals surface area (Å²) >= 11 is 0. The lowest BCUT2D eigenvalue weighted by Gasteiger charge is -2.21. The smallest absolute Gasteiger partial charge is 0.260 e. The fourth-order valence-corrected chi connectivity index (χ4v) is 3.58. The van der Waals surface area contributed by atoms with Gasteiger partial charge in [-0.2, -0.15) is 0 Å². The standard InChI is InChI=1S/C21H23N3O3/c1-13-11-15(3-6-18(13)26-2)17-5-4-16-20(22-17)23-19(24-21(16)25)12-14-7-9-27-10-8-14/h3-6,11,14H,7-10,12H2,1-2H3,(H,22,23,24,25). The van der Waals surface area contributed by atoms with Gasteiger partial charge in [0, 0.05) is 25.2 Å². The van der Waals surface area contributed by atoms with Crippen LogP contribution in [0.3, 0.4) is 0 Å². The van der Waals surface area contributed by atoms with Crippen molar-refractivity contribution >= 4 is 11.0 Å². The molecule has 27 heavy (non-hydrogen) atoms. The molecule has 2 aromatic heterocycles. The molecule has 1 aromatic carbocycles. The van der Waals surface area contributed by atoms with Gasteiger partial charge in [-0.1, -0.05) is 0 Å². The van der Waals surface area contributed by atoms with Gasteiger partial charge in [-0.15, -0.1) is 0 Å². The maximum absolute atomic E-state index is 12.4. The highest BCUT2D eigenvalue weighted by Crippen LogP contribution is 2.26. The fraction of sp³-hybridized carbons (Fsp3) is 0.381. The van der Waals surface area contributed by atoms with Gasteiger partial charge >= 0.3 is 0 Å². The number of hydrogen-bond acceptors (Lipinski definition) is 5. The van der Waals surface area contributed by atoms with Crippen LogP contribution in [0.25, 0.3) is 22.3 Å². The SMILES string of the molecule is COc1ccc(-c2ccc3c(=O)[nH]c(CC4CCOCC4)nc3n2)cc1C. The maximum Gasteiger partial charge on any atom is 0.260 e. The van der Waals surface area contributed by atoms with Crippen molar-refractivity contribution in [3.05, 3.63) is 52.1 Å². The molecule has 0 unspecified atom stereocenters. The Labute approximate surface area is 157 Å². The Kier molecular flexibility index (Phi) is 4.90. The summed E-state index contributed by atoms with van der Waals surface area (Å²) in [6.07, 6.45) is 2.75. The zero-order valence-electron chi connectivity index (χ0n) is 15.6. The number of hydrogen-bond donors (Lipinski definition) is 1. The predicted molar refractivity (Wildman–Crippen MR) is 104 cm³/mol. The third kappa shape index (κ3) is 3.71. The Balaban J connectivity index is 1.70. The topological polar surface area (TPSA) is 77.1 Å². The van der Waals surface area contributed by atoms with Crippen LogP contribution < -0.4 is 10.3 Å². The summed E-state index contributed by atoms with van der Waals surface area (Å²) < 4.78 is 10.7. The first-order valence-corrected chi connectivity index (χ1v) is 9.27. The van der Waals surface area contributed by atoms with E-state index < -0.39 is 0 Å². The van der Waals surface area contributed by atoms with Gasteiger partial charge in [-0.05, 0) is 61.6 Å². The van der Waals surface area contributed by atoms with Crippen molar-refractivity contribution in [3.63, 3.8) is 0 Å². The zero-order valence-corrected chi connectivity index (χ0v) is 15.6. The first kappa shape index (κ1) is 17.7. The summed E-state index contributed by atoms with van der Waals surface area (Å²) in [5.74, 6) is 2.04. The number of nitrogens with one attached hydrogen (secondary N) is 1. The van der Waals surface area contributed by atoms with Gasteiger partial charge in [0.05, 0.1) is 18.2 Å². The van der Waals surface area contributed by atoms with Crippen molar-refractivity contribution < 1.29 is 9.47 Å². The Morgan fingerprint density at radius 3 is 2.74 bits per heavy atom. The monoisotopic (exact) mass is 365 g/mol. The van der Waals surface area contributed by atoms with Gasteiger partial charge in [0.15, 0.2) is 5.65 Å². The van der Waals surface area contributed by atoms with Crippen LogP contribution in [0.4, 0.5) is 0 Å². The van der Waals surface area contributed by atoms with Gasteiger partial charge in [0.2, 0.25) is 0 Å². The Hall–Kier alpha value is -2.73. The number of aromatic nitrogens is 3. The summed E-state index contributed by atoms with van der Waals surface area (Å²) in [5, 5.41) is 0.514. The fourth-order valence-electron chi connectivity index (χ4n) is 3.58. The van der Waals surface area contributed by atoms with E-state index in [4.69, 9.17) is 9.47 Å². The largest absolute Gasteiger partial charge is 0.496 e. The number of H-pyrrole nitrogens is 1. The van der Waals surface area contributed by atoms with Gasteiger partial charge in [-0.25, -0.2) is 9.97 Å². The molecule has 6 heteroatoms. The second kappa shape index (κ2) is 7.48. The Bertz CT molecular complexity index is 1020. The summed E-state index contributed by atoms with van der Waals surface area (Å²) in [6, 6.07) is 9.58. The molecule has 0 amide bonds. The average Bonchev–Trinajstić information content (AvgIpc) is 2.68. The number of benzene rings is 1. The molecule has 0 bridgehead atoms. The van der Waals surface area contributed by atoms with Crippen molar-refractivity contribution in [2.24, 2.45) is 5.92 Å². The minimum absolute atomic E-state index is 0.132. The van der Waals surface area contributed by atoms with Crippen molar-refractivity contribution in [1.82, 2.24) is 15.0 Å². The quantitative estimate of drug-likeness (QED) is 0.768. The summed E-state index contributed by atoms with van der Waals surface area (Å²) in [5.41, 5.74) is 3.17. The van der Waals surface area contributed by atoms with Crippen LogP contribution in [0.2, 0.25) is 0 Å². The normalized spacial score (nSPS) is 15.2. The molecular formula is C21H23N3O3. The van der Waals surface area contributed by atoms with E-state index in [1.54, 1.807) is 13.2 Å². The number of pyridine rings is 1. The molecule has 6 nitrogen and oxygen atoms in total. The predicted octanol–water partition coefficient (Wildman–Crippen LogP) is 3.27. The van der Waals surface area contributed by atoms with Crippen LogP contribution in [-0.2, 0) is 11.2 Å². The highest BCUT2D eigenvalue weighted by atomic mass is 16.5. The average molecular weight is 365 g/mol. The molecule has 3 aromatic rings. The van der Waals surface area contributed by atoms with E-state index in [1.165, 1.54) is 0 Å². The lowest BCUT2D eigenvalue weighted by atomic mass is 9.96. The molecule has 1 N–H and O–H groups in total. The molecule has 1 fully saturated rings. The minimum atomic E-state index is -0.132. The van der Waals surface area contributed by atoms with Crippen LogP contribution in [0.5, 0.6) is 5.75 Å². The second-order valence-electron chi connectivity index (χ2n) is 7.02. The van der Waals surface area contributed by atoms with Crippen LogP contribution in [0.1, 0.15) is 24.2 Å². The third-order valence-electron chi connectivity index (χ3n) is 5.13. The lowest BCUT2D eigenvalue weighted by Crippen LogP contribution is -2.21. The highest BCUT2D eigenvalue weighted by molar-refractivity contribution is 5.77. The third-order valence-corrected chi connectivity index (χ3v) is 5.13. The molecule has 0 aliphatic carbocycles. The van der Waals surface area contributed by atoms with E-state index in [0.717, 1.165) is 55.0 Å². The number of fused-ring (bicyclic) bond motifs is 1. The van der Waals surface area contributed by atoms with Crippen molar-refractivity contribution in [3.8, 4) is 17.0 Å². The van der Waals surface area contributed by atoms with Crippen LogP contribution in [0, 0.1) is 12.8 Å². The molecule has 0 radical (unpaired) electrons. The lowest BCUT2D eigenvalue weighted by molar-refractivity contribution is 0.0660. The van der Waals surface area contributed by atoms with Crippen molar-refractivity contribution in [2.75, 3.05) is 20.3 Å². The van der Waals surface area contributed by atoms with E-state index in [9.17, 15) is 4.79 Å². The number of nitrogens with zero attached hydrogens (tertiary/aromatic N) is 2. The van der Waals surface area contributed by atoms with Crippen molar-refractivity contribution in [2.45, 2.75) is 26.2 Å². The summed E-state index contributed by atoms with van der Waals surface area (Å²) in [6.45, 7) is 3.56. The van der Waals surface area contributed by atoms with E-state index in [0.29, 0.717) is 22.8 Å². The molecule has 3 heterocycles. The van der Waals surface area contributed by atoms with Gasteiger partial charge in [0.25, 0.3) is 5.56 Å². The van der Waals surface area contributed by atoms with E-state index in [2.05, 4.69) is 15.0 Å². The summed E-state index contributed by atoms with van der Waals surface area (Å²) in [7, 11) is 1.66. The Morgan fingerprint density at radius 2 is 2.00 bits per heavy atom. The zero-order chi connectivity index (χ0) is 18.8. The number of aryl methyl sites for hydroxylation is 1. The highest BCUT2D eigenvalue weighted by Gasteiger charge is 2.16. The molecule has 0 atom stereocenters. The first-order chi connectivity index (χ1) is 13.1. The van der Waals surface area contributed by atoms with Crippen molar-refractivity contribution in [1.29, 1.82) is 0 Å². The Morgan fingerprint density at radius 1 is 1.19 bits per heavy atom. The molecular weight excluding hydrogens is 342 g/mol. The van der Waals surface area contributed by atoms with Gasteiger partial charge in [0.1, 0.15) is 11.6 Å². The minimum Gasteiger partial charge on any atom is -0.496 e. The number of rotatable bonds is 4. The molecule has 0 saturated carbocycles. The van der Waals surface area contributed by atoms with Crippen LogP contribution >= 0.6 is 0 Å².